The highest BCUT2D eigenvalue weighted by Gasteiger charge is 2.35. The van der Waals surface area contributed by atoms with Crippen LogP contribution in [-0.2, 0) is 14.8 Å². The first kappa shape index (κ1) is 19.2. The van der Waals surface area contributed by atoms with E-state index in [1.54, 1.807) is 30.3 Å². The molecule has 0 bridgehead atoms. The summed E-state index contributed by atoms with van der Waals surface area (Å²) in [5, 5.41) is 2.89. The number of carbonyl (C=O) groups excluding carboxylic acids is 1. The van der Waals surface area contributed by atoms with Crippen LogP contribution in [0.3, 0.4) is 0 Å². The van der Waals surface area contributed by atoms with E-state index in [-0.39, 0.29) is 23.3 Å². The molecule has 0 aliphatic carbocycles. The van der Waals surface area contributed by atoms with Crippen molar-refractivity contribution in [3.63, 3.8) is 0 Å². The van der Waals surface area contributed by atoms with Crippen LogP contribution in [0.5, 0.6) is 0 Å². The second-order valence-electron chi connectivity index (χ2n) is 7.32. The van der Waals surface area contributed by atoms with Crippen LogP contribution in [0.25, 0.3) is 11.1 Å². The minimum atomic E-state index is -3.84. The van der Waals surface area contributed by atoms with Crippen LogP contribution >= 0.6 is 0 Å². The van der Waals surface area contributed by atoms with E-state index in [1.807, 2.05) is 56.3 Å². The molecule has 0 saturated carbocycles. The van der Waals surface area contributed by atoms with Crippen LogP contribution in [-0.4, -0.2) is 20.9 Å². The molecule has 1 N–H and O–H groups in total. The maximum atomic E-state index is 13.3. The molecule has 3 aromatic carbocycles. The van der Waals surface area contributed by atoms with Gasteiger partial charge in [-0.15, -0.1) is 0 Å². The van der Waals surface area contributed by atoms with Crippen LogP contribution < -0.4 is 9.62 Å². The van der Waals surface area contributed by atoms with Gasteiger partial charge in [0.2, 0.25) is 5.91 Å². The van der Waals surface area contributed by atoms with Crippen LogP contribution in [0.1, 0.15) is 25.3 Å². The third-order valence-corrected chi connectivity index (χ3v) is 6.88. The number of benzene rings is 3. The summed E-state index contributed by atoms with van der Waals surface area (Å²) in [4.78, 5) is 13.1. The van der Waals surface area contributed by atoms with Crippen LogP contribution in [0.15, 0.2) is 77.7 Å². The number of nitrogens with zero attached hydrogens (tertiary/aromatic N) is 1. The molecule has 1 aliphatic rings. The molecule has 6 heteroatoms. The molecule has 0 fully saturated rings. The summed E-state index contributed by atoms with van der Waals surface area (Å²) >= 11 is 0. The maximum Gasteiger partial charge on any atom is 0.265 e. The van der Waals surface area contributed by atoms with Gasteiger partial charge in [-0.1, -0.05) is 68.4 Å². The van der Waals surface area contributed by atoms with Crippen molar-refractivity contribution in [2.75, 3.05) is 16.2 Å². The molecule has 3 aromatic rings. The fraction of sp³-hybridized carbons (Fsp3) is 0.174. The first-order valence-corrected chi connectivity index (χ1v) is 10.9. The average molecular weight is 407 g/mol. The third kappa shape index (κ3) is 3.40. The van der Waals surface area contributed by atoms with Gasteiger partial charge < -0.3 is 5.32 Å². The molecular weight excluding hydrogens is 384 g/mol. The zero-order valence-corrected chi connectivity index (χ0v) is 17.1. The summed E-state index contributed by atoms with van der Waals surface area (Å²) in [6.07, 6.45) is 0. The largest absolute Gasteiger partial charge is 0.324 e. The first-order valence-electron chi connectivity index (χ1n) is 9.49. The Kier molecular flexibility index (Phi) is 4.88. The Labute approximate surface area is 171 Å². The number of hydrogen-bond acceptors (Lipinski definition) is 3. The van der Waals surface area contributed by atoms with Crippen molar-refractivity contribution in [1.29, 1.82) is 0 Å². The molecule has 0 saturated heterocycles. The van der Waals surface area contributed by atoms with Gasteiger partial charge in [-0.2, -0.15) is 0 Å². The van der Waals surface area contributed by atoms with Gasteiger partial charge in [0.25, 0.3) is 10.0 Å². The number of carbonyl (C=O) groups is 1. The molecule has 0 spiro atoms. The normalized spacial score (nSPS) is 14.2. The Morgan fingerprint density at radius 2 is 1.52 bits per heavy atom. The van der Waals surface area contributed by atoms with E-state index in [1.165, 1.54) is 4.31 Å². The van der Waals surface area contributed by atoms with E-state index in [0.29, 0.717) is 16.9 Å². The topological polar surface area (TPSA) is 66.5 Å². The highest BCUT2D eigenvalue weighted by molar-refractivity contribution is 7.93. The molecule has 0 atom stereocenters. The third-order valence-electron chi connectivity index (χ3n) is 5.06. The van der Waals surface area contributed by atoms with E-state index >= 15 is 0 Å². The van der Waals surface area contributed by atoms with Crippen LogP contribution in [0.2, 0.25) is 0 Å². The first-order chi connectivity index (χ1) is 13.9. The van der Waals surface area contributed by atoms with E-state index in [0.717, 1.165) is 11.1 Å². The van der Waals surface area contributed by atoms with E-state index in [9.17, 15) is 13.2 Å². The SMILES string of the molecule is CC(C)c1ccccc1NC(=O)CN1c2ccccc2-c2ccccc2S1(=O)=O. The number of amides is 1. The van der Waals surface area contributed by atoms with E-state index in [2.05, 4.69) is 5.32 Å². The Hall–Kier alpha value is -3.12. The second kappa shape index (κ2) is 7.37. The predicted octanol–water partition coefficient (Wildman–Crippen LogP) is 4.62. The quantitative estimate of drug-likeness (QED) is 0.687. The van der Waals surface area contributed by atoms with Crippen molar-refractivity contribution >= 4 is 27.3 Å². The van der Waals surface area contributed by atoms with Crippen molar-refractivity contribution < 1.29 is 13.2 Å². The Morgan fingerprint density at radius 3 is 2.28 bits per heavy atom. The summed E-state index contributed by atoms with van der Waals surface area (Å²) in [7, 11) is -3.84. The molecule has 1 aliphatic heterocycles. The fourth-order valence-electron chi connectivity index (χ4n) is 3.69. The van der Waals surface area contributed by atoms with Gasteiger partial charge in [0, 0.05) is 16.8 Å². The van der Waals surface area contributed by atoms with Gasteiger partial charge in [0.15, 0.2) is 0 Å². The zero-order chi connectivity index (χ0) is 20.6. The highest BCUT2D eigenvalue weighted by atomic mass is 32.2. The van der Waals surface area contributed by atoms with Gasteiger partial charge in [0.1, 0.15) is 6.54 Å². The maximum absolute atomic E-state index is 13.3. The molecule has 0 aromatic heterocycles. The molecule has 1 heterocycles. The molecule has 1 amide bonds. The van der Waals surface area contributed by atoms with E-state index < -0.39 is 10.0 Å². The monoisotopic (exact) mass is 406 g/mol. The predicted molar refractivity (Wildman–Crippen MR) is 116 cm³/mol. The summed E-state index contributed by atoms with van der Waals surface area (Å²) in [5.41, 5.74) is 3.68. The lowest BCUT2D eigenvalue weighted by atomic mass is 10.0. The highest BCUT2D eigenvalue weighted by Crippen LogP contribution is 2.42. The molecule has 148 valence electrons. The van der Waals surface area contributed by atoms with Gasteiger partial charge in [-0.3, -0.25) is 9.10 Å². The molecule has 4 rings (SSSR count). The standard InChI is InChI=1S/C23H22N2O3S/c1-16(2)17-9-3-6-12-20(17)24-23(26)15-25-21-13-7-4-10-18(21)19-11-5-8-14-22(19)29(25,27)28/h3-14,16H,15H2,1-2H3,(H,24,26). The summed E-state index contributed by atoms with van der Waals surface area (Å²) in [6, 6.07) is 21.7. The number of fused-ring (bicyclic) bond motifs is 3. The molecular formula is C23H22N2O3S. The van der Waals surface area contributed by atoms with Gasteiger partial charge >= 0.3 is 0 Å². The lowest BCUT2D eigenvalue weighted by molar-refractivity contribution is -0.114. The van der Waals surface area contributed by atoms with Crippen LogP contribution in [0.4, 0.5) is 11.4 Å². The van der Waals surface area contributed by atoms with Gasteiger partial charge in [-0.25, -0.2) is 8.42 Å². The summed E-state index contributed by atoms with van der Waals surface area (Å²) in [6.45, 7) is 3.81. The van der Waals surface area contributed by atoms with Crippen molar-refractivity contribution in [3.05, 3.63) is 78.4 Å². The van der Waals surface area contributed by atoms with Crippen molar-refractivity contribution in [2.45, 2.75) is 24.7 Å². The molecule has 29 heavy (non-hydrogen) atoms. The van der Waals surface area contributed by atoms with Gasteiger partial charge in [0.05, 0.1) is 10.6 Å². The molecule has 0 radical (unpaired) electrons. The van der Waals surface area contributed by atoms with E-state index in [4.69, 9.17) is 0 Å². The van der Waals surface area contributed by atoms with Gasteiger partial charge in [-0.05, 0) is 29.7 Å². The number of anilines is 2. The zero-order valence-electron chi connectivity index (χ0n) is 16.3. The van der Waals surface area contributed by atoms with Crippen molar-refractivity contribution in [2.24, 2.45) is 0 Å². The molecule has 0 unspecified atom stereocenters. The average Bonchev–Trinajstić information content (AvgIpc) is 2.71. The minimum absolute atomic E-state index is 0.217. The summed E-state index contributed by atoms with van der Waals surface area (Å²) in [5.74, 6) is -0.145. The number of sulfonamides is 1. The minimum Gasteiger partial charge on any atom is -0.324 e. The fourth-order valence-corrected chi connectivity index (χ4v) is 5.34. The summed E-state index contributed by atoms with van der Waals surface area (Å²) < 4.78 is 27.7. The molecule has 5 nitrogen and oxygen atoms in total. The number of rotatable bonds is 4. The lowest BCUT2D eigenvalue weighted by Crippen LogP contribution is -2.40. The number of nitrogens with one attached hydrogen (secondary N) is 1. The Balaban J connectivity index is 1.70. The smallest absolute Gasteiger partial charge is 0.265 e. The second-order valence-corrected chi connectivity index (χ2v) is 9.15. The Morgan fingerprint density at radius 1 is 0.897 bits per heavy atom. The van der Waals surface area contributed by atoms with Crippen molar-refractivity contribution in [1.82, 2.24) is 0 Å². The Bertz CT molecular complexity index is 1190. The van der Waals surface area contributed by atoms with Crippen molar-refractivity contribution in [3.8, 4) is 11.1 Å². The number of para-hydroxylation sites is 2. The lowest BCUT2D eigenvalue weighted by Gasteiger charge is -2.31. The number of hydrogen-bond donors (Lipinski definition) is 1. The van der Waals surface area contributed by atoms with Crippen LogP contribution in [0, 0.1) is 0 Å².